The zero-order chi connectivity index (χ0) is 11.3. The number of para-hydroxylation sites is 1. The minimum absolute atomic E-state index is 0.195. The lowest BCUT2D eigenvalue weighted by molar-refractivity contribution is 0.337. The highest BCUT2D eigenvalue weighted by molar-refractivity contribution is 7.79. The van der Waals surface area contributed by atoms with Gasteiger partial charge in [0.05, 0.1) is 17.4 Å². The fraction of sp³-hybridized carbons (Fsp3) is 0.400. The summed E-state index contributed by atoms with van der Waals surface area (Å²) in [5.41, 5.74) is 0.867. The highest BCUT2D eigenvalue weighted by Gasteiger charge is 2.08. The molecule has 3 nitrogen and oxygen atoms in total. The van der Waals surface area contributed by atoms with Crippen LogP contribution < -0.4 is 4.74 Å². The van der Waals surface area contributed by atoms with Crippen molar-refractivity contribution >= 4 is 22.7 Å². The molecule has 0 saturated heterocycles. The SMILES string of the molecule is CCOc1c(Cl)cccc1CCS(=O)O. The van der Waals surface area contributed by atoms with Gasteiger partial charge >= 0.3 is 0 Å². The van der Waals surface area contributed by atoms with Crippen molar-refractivity contribution in [2.24, 2.45) is 0 Å². The topological polar surface area (TPSA) is 46.5 Å². The van der Waals surface area contributed by atoms with Gasteiger partial charge in [-0.05, 0) is 25.0 Å². The molecule has 84 valence electrons. The number of hydrogen-bond donors (Lipinski definition) is 1. The summed E-state index contributed by atoms with van der Waals surface area (Å²) < 4.78 is 24.7. The molecule has 0 spiro atoms. The van der Waals surface area contributed by atoms with Crippen LogP contribution in [0.2, 0.25) is 5.02 Å². The molecule has 1 rings (SSSR count). The predicted octanol–water partition coefficient (Wildman–Crippen LogP) is 2.50. The molecule has 0 fully saturated rings. The molecular weight excluding hydrogens is 236 g/mol. The van der Waals surface area contributed by atoms with Crippen LogP contribution in [0.25, 0.3) is 0 Å². The maximum Gasteiger partial charge on any atom is 0.153 e. The Balaban J connectivity index is 2.85. The first-order valence-electron chi connectivity index (χ1n) is 4.62. The van der Waals surface area contributed by atoms with Crippen LogP contribution >= 0.6 is 11.6 Å². The Kier molecular flexibility index (Phi) is 5.08. The zero-order valence-electron chi connectivity index (χ0n) is 8.40. The van der Waals surface area contributed by atoms with Crippen molar-refractivity contribution in [3.05, 3.63) is 28.8 Å². The first kappa shape index (κ1) is 12.5. The summed E-state index contributed by atoms with van der Waals surface area (Å²) in [5.74, 6) is 0.813. The summed E-state index contributed by atoms with van der Waals surface area (Å²) in [7, 11) is 0. The van der Waals surface area contributed by atoms with Gasteiger partial charge in [-0.15, -0.1) is 0 Å². The standard InChI is InChI=1S/C10H13ClO3S/c1-2-14-10-8(6-7-15(12)13)4-3-5-9(10)11/h3-5H,2,6-7H2,1H3,(H,12,13). The monoisotopic (exact) mass is 248 g/mol. The van der Waals surface area contributed by atoms with Crippen molar-refractivity contribution in [3.63, 3.8) is 0 Å². The van der Waals surface area contributed by atoms with Gasteiger partial charge in [-0.1, -0.05) is 23.7 Å². The van der Waals surface area contributed by atoms with Gasteiger partial charge in [0.2, 0.25) is 0 Å². The molecule has 0 aliphatic carbocycles. The normalized spacial score (nSPS) is 12.5. The maximum atomic E-state index is 10.6. The van der Waals surface area contributed by atoms with Crippen LogP contribution in [-0.2, 0) is 17.5 Å². The highest BCUT2D eigenvalue weighted by Crippen LogP contribution is 2.29. The van der Waals surface area contributed by atoms with Crippen LogP contribution in [0.4, 0.5) is 0 Å². The summed E-state index contributed by atoms with van der Waals surface area (Å²) in [6, 6.07) is 5.40. The Bertz CT molecular complexity index is 355. The highest BCUT2D eigenvalue weighted by atomic mass is 35.5. The Morgan fingerprint density at radius 3 is 2.87 bits per heavy atom. The van der Waals surface area contributed by atoms with Crippen LogP contribution in [0.3, 0.4) is 0 Å². The molecule has 1 aromatic rings. The summed E-state index contributed by atoms with van der Waals surface area (Å²) in [6.07, 6.45) is 0.485. The molecular formula is C10H13ClO3S. The summed E-state index contributed by atoms with van der Waals surface area (Å²) in [4.78, 5) is 0. The van der Waals surface area contributed by atoms with Crippen LogP contribution in [0, 0.1) is 0 Å². The quantitative estimate of drug-likeness (QED) is 0.815. The van der Waals surface area contributed by atoms with Gasteiger partial charge < -0.3 is 9.29 Å². The average Bonchev–Trinajstić information content (AvgIpc) is 2.19. The number of aryl methyl sites for hydroxylation is 1. The Labute approximate surface area is 96.7 Å². The Morgan fingerprint density at radius 1 is 1.53 bits per heavy atom. The number of hydrogen-bond acceptors (Lipinski definition) is 2. The van der Waals surface area contributed by atoms with E-state index in [0.29, 0.717) is 23.8 Å². The van der Waals surface area contributed by atoms with Gasteiger partial charge in [0.25, 0.3) is 0 Å². The first-order valence-corrected chi connectivity index (χ1v) is 6.28. The number of halogens is 1. The van der Waals surface area contributed by atoms with Crippen LogP contribution in [0.5, 0.6) is 5.75 Å². The number of rotatable bonds is 5. The predicted molar refractivity (Wildman–Crippen MR) is 62.0 cm³/mol. The van der Waals surface area contributed by atoms with Crippen molar-refractivity contribution < 1.29 is 13.5 Å². The lowest BCUT2D eigenvalue weighted by atomic mass is 10.1. The van der Waals surface area contributed by atoms with E-state index in [2.05, 4.69) is 0 Å². The average molecular weight is 249 g/mol. The second kappa shape index (κ2) is 6.10. The van der Waals surface area contributed by atoms with Crippen molar-refractivity contribution in [2.45, 2.75) is 13.3 Å². The van der Waals surface area contributed by atoms with E-state index >= 15 is 0 Å². The molecule has 0 saturated carbocycles. The molecule has 1 aromatic carbocycles. The summed E-state index contributed by atoms with van der Waals surface area (Å²) in [5, 5.41) is 0.540. The van der Waals surface area contributed by atoms with E-state index in [0.717, 1.165) is 5.56 Å². The fourth-order valence-corrected chi connectivity index (χ4v) is 1.90. The van der Waals surface area contributed by atoms with Crippen molar-refractivity contribution in [1.82, 2.24) is 0 Å². The minimum atomic E-state index is -1.78. The third kappa shape index (κ3) is 3.81. The molecule has 1 N–H and O–H groups in total. The van der Waals surface area contributed by atoms with E-state index in [1.165, 1.54) is 0 Å². The molecule has 0 aromatic heterocycles. The van der Waals surface area contributed by atoms with E-state index in [1.807, 2.05) is 13.0 Å². The molecule has 15 heavy (non-hydrogen) atoms. The molecule has 0 amide bonds. The Hall–Kier alpha value is -0.580. The fourth-order valence-electron chi connectivity index (χ4n) is 1.25. The van der Waals surface area contributed by atoms with E-state index in [4.69, 9.17) is 20.9 Å². The molecule has 5 heteroatoms. The molecule has 0 radical (unpaired) electrons. The van der Waals surface area contributed by atoms with Gasteiger partial charge in [-0.2, -0.15) is 0 Å². The largest absolute Gasteiger partial charge is 0.492 e. The first-order chi connectivity index (χ1) is 7.15. The van der Waals surface area contributed by atoms with Crippen LogP contribution in [0.15, 0.2) is 18.2 Å². The third-order valence-electron chi connectivity index (χ3n) is 1.88. The molecule has 1 atom stereocenters. The summed E-state index contributed by atoms with van der Waals surface area (Å²) in [6.45, 7) is 2.40. The molecule has 0 aliphatic heterocycles. The third-order valence-corrected chi connectivity index (χ3v) is 2.73. The van der Waals surface area contributed by atoms with E-state index in [-0.39, 0.29) is 5.75 Å². The van der Waals surface area contributed by atoms with E-state index < -0.39 is 11.1 Å². The lowest BCUT2D eigenvalue weighted by Crippen LogP contribution is -2.03. The Morgan fingerprint density at radius 2 is 2.27 bits per heavy atom. The molecule has 1 unspecified atom stereocenters. The smallest absolute Gasteiger partial charge is 0.153 e. The van der Waals surface area contributed by atoms with Gasteiger partial charge in [0.1, 0.15) is 5.75 Å². The summed E-state index contributed by atoms with van der Waals surface area (Å²) >= 11 is 4.18. The molecule has 0 aliphatic rings. The zero-order valence-corrected chi connectivity index (χ0v) is 9.98. The van der Waals surface area contributed by atoms with E-state index in [9.17, 15) is 4.21 Å². The minimum Gasteiger partial charge on any atom is -0.492 e. The molecule has 0 bridgehead atoms. The van der Waals surface area contributed by atoms with Gasteiger partial charge in [-0.3, -0.25) is 0 Å². The lowest BCUT2D eigenvalue weighted by Gasteiger charge is -2.10. The molecule has 0 heterocycles. The van der Waals surface area contributed by atoms with Crippen molar-refractivity contribution in [3.8, 4) is 5.75 Å². The number of benzene rings is 1. The van der Waals surface area contributed by atoms with Gasteiger partial charge in [0.15, 0.2) is 11.1 Å². The maximum absolute atomic E-state index is 10.6. The second-order valence-electron chi connectivity index (χ2n) is 2.94. The van der Waals surface area contributed by atoms with E-state index in [1.54, 1.807) is 12.1 Å². The van der Waals surface area contributed by atoms with Gasteiger partial charge in [0, 0.05) is 0 Å². The van der Waals surface area contributed by atoms with Gasteiger partial charge in [-0.25, -0.2) is 4.21 Å². The second-order valence-corrected chi connectivity index (χ2v) is 4.40. The van der Waals surface area contributed by atoms with Crippen LogP contribution in [-0.4, -0.2) is 21.1 Å². The van der Waals surface area contributed by atoms with Crippen molar-refractivity contribution in [1.29, 1.82) is 0 Å². The van der Waals surface area contributed by atoms with Crippen molar-refractivity contribution in [2.75, 3.05) is 12.4 Å². The number of ether oxygens (including phenoxy) is 1. The van der Waals surface area contributed by atoms with Crippen LogP contribution in [0.1, 0.15) is 12.5 Å².